The summed E-state index contributed by atoms with van der Waals surface area (Å²) in [7, 11) is 0. The van der Waals surface area contributed by atoms with Gasteiger partial charge in [-0.2, -0.15) is 0 Å². The third-order valence-corrected chi connectivity index (χ3v) is 6.57. The van der Waals surface area contributed by atoms with Gasteiger partial charge in [0.15, 0.2) is 11.1 Å². The molecule has 0 saturated carbocycles. The van der Waals surface area contributed by atoms with Gasteiger partial charge < -0.3 is 19.5 Å². The van der Waals surface area contributed by atoms with Crippen molar-refractivity contribution in [1.82, 2.24) is 5.32 Å². The molecule has 2 amide bonds. The fourth-order valence-corrected chi connectivity index (χ4v) is 5.01. The SMILES string of the molecule is CC(C)NC(=O)c1ccc(N2CCC(N3C(=O)OCc4ccccc43)CC2)c(CS(=O)O)c1. The van der Waals surface area contributed by atoms with Gasteiger partial charge in [0.05, 0.1) is 11.4 Å². The van der Waals surface area contributed by atoms with Crippen LogP contribution in [0, 0.1) is 0 Å². The highest BCUT2D eigenvalue weighted by Gasteiger charge is 2.34. The van der Waals surface area contributed by atoms with Crippen molar-refractivity contribution in [2.24, 2.45) is 0 Å². The summed E-state index contributed by atoms with van der Waals surface area (Å²) in [5.41, 5.74) is 3.88. The molecule has 2 aromatic rings. The Morgan fingerprint density at radius 1 is 1.18 bits per heavy atom. The number of carbonyl (C=O) groups excluding carboxylic acids is 2. The van der Waals surface area contributed by atoms with Gasteiger partial charge in [-0.15, -0.1) is 0 Å². The van der Waals surface area contributed by atoms with E-state index in [0.29, 0.717) is 30.8 Å². The lowest BCUT2D eigenvalue weighted by molar-refractivity contribution is 0.0943. The van der Waals surface area contributed by atoms with Crippen LogP contribution in [0.4, 0.5) is 16.2 Å². The van der Waals surface area contributed by atoms with E-state index in [1.54, 1.807) is 17.0 Å². The fourth-order valence-electron chi connectivity index (χ4n) is 4.52. The maximum Gasteiger partial charge on any atom is 0.414 e. The first kappa shape index (κ1) is 23.3. The van der Waals surface area contributed by atoms with Crippen LogP contribution < -0.4 is 15.1 Å². The van der Waals surface area contributed by atoms with E-state index < -0.39 is 11.1 Å². The number of nitrogens with zero attached hydrogens (tertiary/aromatic N) is 2. The number of cyclic esters (lactones) is 1. The largest absolute Gasteiger partial charge is 0.444 e. The molecule has 8 nitrogen and oxygen atoms in total. The molecule has 0 spiro atoms. The monoisotopic (exact) mass is 471 g/mol. The zero-order chi connectivity index (χ0) is 23.5. The number of carbonyl (C=O) groups is 2. The van der Waals surface area contributed by atoms with Gasteiger partial charge in [0.2, 0.25) is 0 Å². The molecule has 4 rings (SSSR count). The standard InChI is InChI=1S/C24H29N3O5S/c1-16(2)25-23(28)17-7-8-21(19(13-17)15-33(30)31)26-11-9-20(10-12-26)27-22-6-4-3-5-18(22)14-32-24(27)29/h3-8,13,16,20H,9-12,14-15H2,1-2H3,(H,25,28)(H,30,31). The zero-order valence-corrected chi connectivity index (χ0v) is 19.6. The number of ether oxygens (including phenoxy) is 1. The van der Waals surface area contributed by atoms with Gasteiger partial charge in [-0.25, -0.2) is 9.00 Å². The molecular weight excluding hydrogens is 442 g/mol. The van der Waals surface area contributed by atoms with E-state index in [1.807, 2.05) is 44.2 Å². The van der Waals surface area contributed by atoms with Gasteiger partial charge in [0.1, 0.15) is 6.61 Å². The maximum atomic E-state index is 12.6. The molecule has 0 radical (unpaired) electrons. The van der Waals surface area contributed by atoms with E-state index in [0.717, 1.165) is 29.8 Å². The van der Waals surface area contributed by atoms with Crippen molar-refractivity contribution in [2.45, 2.75) is 51.1 Å². The van der Waals surface area contributed by atoms with E-state index in [1.165, 1.54) is 0 Å². The van der Waals surface area contributed by atoms with Crippen molar-refractivity contribution in [1.29, 1.82) is 0 Å². The van der Waals surface area contributed by atoms with Crippen LogP contribution in [0.25, 0.3) is 0 Å². The molecular formula is C24H29N3O5S. The molecule has 2 aliphatic rings. The van der Waals surface area contributed by atoms with Gasteiger partial charge in [-0.1, -0.05) is 18.2 Å². The van der Waals surface area contributed by atoms with E-state index in [-0.39, 0.29) is 29.8 Å². The van der Waals surface area contributed by atoms with E-state index in [2.05, 4.69) is 10.2 Å². The highest BCUT2D eigenvalue weighted by atomic mass is 32.2. The van der Waals surface area contributed by atoms with Crippen LogP contribution in [0.3, 0.4) is 0 Å². The molecule has 0 aliphatic carbocycles. The summed E-state index contributed by atoms with van der Waals surface area (Å²) < 4.78 is 26.5. The minimum atomic E-state index is -2.03. The summed E-state index contributed by atoms with van der Waals surface area (Å²) in [5, 5.41) is 2.85. The molecule has 0 bridgehead atoms. The number of amides is 2. The van der Waals surface area contributed by atoms with Crippen LogP contribution in [0.15, 0.2) is 42.5 Å². The topological polar surface area (TPSA) is 99.2 Å². The molecule has 2 heterocycles. The molecule has 0 aromatic heterocycles. The Morgan fingerprint density at radius 2 is 1.91 bits per heavy atom. The molecule has 2 N–H and O–H groups in total. The van der Waals surface area contributed by atoms with Crippen LogP contribution >= 0.6 is 0 Å². The van der Waals surface area contributed by atoms with E-state index in [4.69, 9.17) is 4.74 Å². The molecule has 1 fully saturated rings. The highest BCUT2D eigenvalue weighted by molar-refractivity contribution is 7.78. The average molecular weight is 472 g/mol. The molecule has 1 unspecified atom stereocenters. The number of nitrogens with one attached hydrogen (secondary N) is 1. The van der Waals surface area contributed by atoms with Crippen molar-refractivity contribution in [3.8, 4) is 0 Å². The van der Waals surface area contributed by atoms with Crippen LogP contribution in [0.1, 0.15) is 48.2 Å². The number of hydrogen-bond acceptors (Lipinski definition) is 5. The Labute approximate surface area is 196 Å². The van der Waals surface area contributed by atoms with E-state index in [9.17, 15) is 18.4 Å². The average Bonchev–Trinajstić information content (AvgIpc) is 2.78. The first-order chi connectivity index (χ1) is 15.8. The highest BCUT2D eigenvalue weighted by Crippen LogP contribution is 2.33. The lowest BCUT2D eigenvalue weighted by atomic mass is 9.99. The Bertz CT molecular complexity index is 1070. The first-order valence-electron chi connectivity index (χ1n) is 11.1. The summed E-state index contributed by atoms with van der Waals surface area (Å²) in [6.07, 6.45) is 1.16. The summed E-state index contributed by atoms with van der Waals surface area (Å²) in [6.45, 7) is 5.43. The summed E-state index contributed by atoms with van der Waals surface area (Å²) in [4.78, 5) is 28.9. The predicted octanol–water partition coefficient (Wildman–Crippen LogP) is 3.67. The molecule has 2 aromatic carbocycles. The van der Waals surface area contributed by atoms with Crippen LogP contribution in [-0.2, 0) is 28.2 Å². The third-order valence-electron chi connectivity index (χ3n) is 6.01. The predicted molar refractivity (Wildman–Crippen MR) is 128 cm³/mol. The second-order valence-corrected chi connectivity index (χ2v) is 9.64. The maximum absolute atomic E-state index is 12.6. The fraction of sp³-hybridized carbons (Fsp3) is 0.417. The van der Waals surface area contributed by atoms with Crippen LogP contribution in [0.5, 0.6) is 0 Å². The normalized spacial score (nSPS) is 17.5. The lowest BCUT2D eigenvalue weighted by Crippen LogP contribution is -2.49. The van der Waals surface area contributed by atoms with Crippen LogP contribution in [-0.4, -0.2) is 45.9 Å². The Balaban J connectivity index is 1.52. The van der Waals surface area contributed by atoms with Crippen molar-refractivity contribution in [3.05, 3.63) is 59.2 Å². The summed E-state index contributed by atoms with van der Waals surface area (Å²) in [6, 6.07) is 13.1. The molecule has 9 heteroatoms. The first-order valence-corrected chi connectivity index (χ1v) is 12.4. The van der Waals surface area contributed by atoms with Crippen LogP contribution in [0.2, 0.25) is 0 Å². The molecule has 1 saturated heterocycles. The van der Waals surface area contributed by atoms with Crippen molar-refractivity contribution >= 4 is 34.5 Å². The number of rotatable bonds is 6. The van der Waals surface area contributed by atoms with Gasteiger partial charge in [-0.3, -0.25) is 9.69 Å². The summed E-state index contributed by atoms with van der Waals surface area (Å²) in [5.74, 6) is -0.258. The van der Waals surface area contributed by atoms with E-state index >= 15 is 0 Å². The second kappa shape index (κ2) is 9.93. The number of benzene rings is 2. The second-order valence-electron chi connectivity index (χ2n) is 8.71. The molecule has 1 atom stereocenters. The Morgan fingerprint density at radius 3 is 2.61 bits per heavy atom. The lowest BCUT2D eigenvalue weighted by Gasteiger charge is -2.41. The van der Waals surface area contributed by atoms with Crippen molar-refractivity contribution in [3.63, 3.8) is 0 Å². The van der Waals surface area contributed by atoms with Crippen molar-refractivity contribution in [2.75, 3.05) is 22.9 Å². The van der Waals surface area contributed by atoms with Gasteiger partial charge >= 0.3 is 6.09 Å². The Hall–Kier alpha value is -2.91. The van der Waals surface area contributed by atoms with Gasteiger partial charge in [0.25, 0.3) is 5.91 Å². The minimum Gasteiger partial charge on any atom is -0.444 e. The zero-order valence-electron chi connectivity index (χ0n) is 18.8. The Kier molecular flexibility index (Phi) is 6.99. The molecule has 33 heavy (non-hydrogen) atoms. The number of piperidine rings is 1. The van der Waals surface area contributed by atoms with Gasteiger partial charge in [0, 0.05) is 42.0 Å². The van der Waals surface area contributed by atoms with Crippen molar-refractivity contribution < 1.29 is 23.1 Å². The summed E-state index contributed by atoms with van der Waals surface area (Å²) >= 11 is -2.03. The quantitative estimate of drug-likeness (QED) is 0.624. The number of hydrogen-bond donors (Lipinski definition) is 2. The smallest absolute Gasteiger partial charge is 0.414 e. The van der Waals surface area contributed by atoms with Gasteiger partial charge in [-0.05, 0) is 56.5 Å². The third kappa shape index (κ3) is 5.20. The molecule has 176 valence electrons. The molecule has 2 aliphatic heterocycles. The number of anilines is 2. The number of fused-ring (bicyclic) bond motifs is 1. The number of para-hydroxylation sites is 1. The minimum absolute atomic E-state index is 0.00163.